The molecule has 1 aliphatic heterocycles. The van der Waals surface area contributed by atoms with E-state index in [1.54, 1.807) is 18.3 Å². The van der Waals surface area contributed by atoms with Gasteiger partial charge in [0.05, 0.1) is 30.7 Å². The van der Waals surface area contributed by atoms with Crippen LogP contribution in [0.25, 0.3) is 5.82 Å². The van der Waals surface area contributed by atoms with E-state index in [4.69, 9.17) is 4.74 Å². The Labute approximate surface area is 218 Å². The average molecular weight is 521 g/mol. The lowest BCUT2D eigenvalue weighted by atomic mass is 9.89. The van der Waals surface area contributed by atoms with Crippen molar-refractivity contribution < 1.29 is 19.0 Å². The van der Waals surface area contributed by atoms with Crippen molar-refractivity contribution in [3.63, 3.8) is 0 Å². The summed E-state index contributed by atoms with van der Waals surface area (Å²) < 4.78 is 20.4. The van der Waals surface area contributed by atoms with Crippen molar-refractivity contribution in [2.24, 2.45) is 0 Å². The zero-order chi connectivity index (χ0) is 26.9. The van der Waals surface area contributed by atoms with E-state index in [1.165, 1.54) is 10.9 Å². The van der Waals surface area contributed by atoms with Gasteiger partial charge in [-0.2, -0.15) is 10.2 Å². The Morgan fingerprint density at radius 2 is 2.11 bits per heavy atom. The largest absolute Gasteiger partial charge is 0.381 e. The second-order valence-corrected chi connectivity index (χ2v) is 9.63. The minimum absolute atomic E-state index is 0.0619. The third kappa shape index (κ3) is 5.55. The Kier molecular flexibility index (Phi) is 6.91. The molecular formula is C26H29FN8O3. The van der Waals surface area contributed by atoms with Crippen molar-refractivity contribution in [3.8, 4) is 5.82 Å². The fourth-order valence-corrected chi connectivity index (χ4v) is 4.36. The number of halogens is 1. The molecule has 38 heavy (non-hydrogen) atoms. The maximum absolute atomic E-state index is 13.2. The molecule has 4 N–H and O–H groups in total. The second kappa shape index (κ2) is 10.3. The van der Waals surface area contributed by atoms with E-state index >= 15 is 0 Å². The zero-order valence-corrected chi connectivity index (χ0v) is 21.3. The third-order valence-corrected chi connectivity index (χ3v) is 6.46. The highest BCUT2D eigenvalue weighted by Crippen LogP contribution is 2.33. The summed E-state index contributed by atoms with van der Waals surface area (Å²) in [5.41, 5.74) is 1.76. The number of aliphatic hydroxyl groups is 1. The van der Waals surface area contributed by atoms with Crippen LogP contribution in [0.3, 0.4) is 0 Å². The molecule has 3 atom stereocenters. The number of pyridine rings is 2. The normalized spacial score (nSPS) is 20.2. The number of ether oxygens (including phenoxy) is 1. The quantitative estimate of drug-likeness (QED) is 0.291. The standard InChI is InChI=1S/C26H29FN8O3/c1-15-8-21(31-22(9-15)32-23-10-16(2)33-34-23)26(37)7-6-20(38-14-26)25(36)30-17(3)18-4-5-24(28-11-18)35-13-19(27)12-29-35/h4-5,8-13,17,20,37H,6-7,14H2,1-3H3,(H,30,36)(H2,31,32,33,34)/t17-,20-,26-/m0/s1. The molecule has 1 amide bonds. The van der Waals surface area contributed by atoms with Crippen molar-refractivity contribution in [3.05, 3.63) is 77.3 Å². The molecule has 5 rings (SSSR count). The summed E-state index contributed by atoms with van der Waals surface area (Å²) >= 11 is 0. The number of carbonyl (C=O) groups excluding carboxylic acids is 1. The van der Waals surface area contributed by atoms with E-state index in [0.717, 1.165) is 23.0 Å². The first kappa shape index (κ1) is 25.5. The van der Waals surface area contributed by atoms with Crippen LogP contribution in [0.15, 0.2) is 48.9 Å². The van der Waals surface area contributed by atoms with E-state index in [-0.39, 0.29) is 18.6 Å². The molecule has 0 spiro atoms. The highest BCUT2D eigenvalue weighted by molar-refractivity contribution is 5.81. The number of aromatic nitrogens is 6. The van der Waals surface area contributed by atoms with Crippen LogP contribution < -0.4 is 10.6 Å². The number of anilines is 2. The van der Waals surface area contributed by atoms with Gasteiger partial charge in [-0.3, -0.25) is 9.89 Å². The van der Waals surface area contributed by atoms with Crippen LogP contribution in [0.5, 0.6) is 0 Å². The first-order chi connectivity index (χ1) is 18.2. The molecule has 1 aliphatic rings. The van der Waals surface area contributed by atoms with Crippen molar-refractivity contribution in [1.82, 2.24) is 35.3 Å². The van der Waals surface area contributed by atoms with E-state index in [9.17, 15) is 14.3 Å². The highest BCUT2D eigenvalue weighted by atomic mass is 19.1. The summed E-state index contributed by atoms with van der Waals surface area (Å²) in [6.07, 6.45) is 3.89. The lowest BCUT2D eigenvalue weighted by Crippen LogP contribution is -2.46. The van der Waals surface area contributed by atoms with Gasteiger partial charge in [-0.25, -0.2) is 19.0 Å². The number of carbonyl (C=O) groups is 1. The Hall–Kier alpha value is -4.16. The molecule has 0 aromatic carbocycles. The summed E-state index contributed by atoms with van der Waals surface area (Å²) in [6, 6.07) is 8.71. The molecule has 4 aromatic rings. The molecule has 0 saturated carbocycles. The number of H-pyrrole nitrogens is 1. The molecule has 198 valence electrons. The van der Waals surface area contributed by atoms with Gasteiger partial charge >= 0.3 is 0 Å². The fourth-order valence-electron chi connectivity index (χ4n) is 4.36. The number of amides is 1. The van der Waals surface area contributed by atoms with Crippen LogP contribution in [0.4, 0.5) is 16.0 Å². The van der Waals surface area contributed by atoms with E-state index in [2.05, 4.69) is 35.9 Å². The molecule has 1 fully saturated rings. The van der Waals surface area contributed by atoms with Crippen molar-refractivity contribution >= 4 is 17.5 Å². The van der Waals surface area contributed by atoms with Crippen molar-refractivity contribution in [2.45, 2.75) is 51.4 Å². The summed E-state index contributed by atoms with van der Waals surface area (Å²) in [7, 11) is 0. The van der Waals surface area contributed by atoms with Crippen LogP contribution >= 0.6 is 0 Å². The number of hydrogen-bond donors (Lipinski definition) is 4. The van der Waals surface area contributed by atoms with Crippen LogP contribution in [0.2, 0.25) is 0 Å². The van der Waals surface area contributed by atoms with Gasteiger partial charge in [0.25, 0.3) is 0 Å². The van der Waals surface area contributed by atoms with E-state index in [0.29, 0.717) is 36.0 Å². The highest BCUT2D eigenvalue weighted by Gasteiger charge is 2.39. The summed E-state index contributed by atoms with van der Waals surface area (Å²) in [5, 5.41) is 28.3. The smallest absolute Gasteiger partial charge is 0.249 e. The molecule has 4 aromatic heterocycles. The van der Waals surface area contributed by atoms with Gasteiger partial charge in [-0.05, 0) is 62.9 Å². The van der Waals surface area contributed by atoms with Gasteiger partial charge in [0, 0.05) is 18.0 Å². The molecule has 0 unspecified atom stereocenters. The van der Waals surface area contributed by atoms with Crippen LogP contribution in [0, 0.1) is 19.7 Å². The van der Waals surface area contributed by atoms with Gasteiger partial charge in [-0.1, -0.05) is 6.07 Å². The Morgan fingerprint density at radius 1 is 1.26 bits per heavy atom. The lowest BCUT2D eigenvalue weighted by molar-refractivity contribution is -0.155. The molecule has 1 saturated heterocycles. The van der Waals surface area contributed by atoms with E-state index < -0.39 is 17.5 Å². The zero-order valence-electron chi connectivity index (χ0n) is 21.3. The summed E-state index contributed by atoms with van der Waals surface area (Å²) in [4.78, 5) is 21.8. The number of hydrogen-bond acceptors (Lipinski definition) is 8. The number of nitrogens with one attached hydrogen (secondary N) is 3. The maximum Gasteiger partial charge on any atom is 0.249 e. The van der Waals surface area contributed by atoms with Gasteiger partial charge < -0.3 is 20.5 Å². The number of rotatable bonds is 7. The first-order valence-electron chi connectivity index (χ1n) is 12.3. The number of nitrogens with zero attached hydrogens (tertiary/aromatic N) is 5. The third-order valence-electron chi connectivity index (χ3n) is 6.46. The van der Waals surface area contributed by atoms with E-state index in [1.807, 2.05) is 39.0 Å². The average Bonchev–Trinajstić information content (AvgIpc) is 3.51. The topological polar surface area (TPSA) is 143 Å². The van der Waals surface area contributed by atoms with Crippen LogP contribution in [-0.4, -0.2) is 53.7 Å². The second-order valence-electron chi connectivity index (χ2n) is 9.63. The fraction of sp³-hybridized carbons (Fsp3) is 0.346. The molecule has 5 heterocycles. The molecule has 0 aliphatic carbocycles. The number of aromatic amines is 1. The van der Waals surface area contributed by atoms with Gasteiger partial charge in [-0.15, -0.1) is 0 Å². The van der Waals surface area contributed by atoms with Crippen molar-refractivity contribution in [1.29, 1.82) is 0 Å². The van der Waals surface area contributed by atoms with Crippen molar-refractivity contribution in [2.75, 3.05) is 11.9 Å². The monoisotopic (exact) mass is 520 g/mol. The molecular weight excluding hydrogens is 491 g/mol. The predicted molar refractivity (Wildman–Crippen MR) is 136 cm³/mol. The minimum Gasteiger partial charge on any atom is -0.381 e. The molecule has 11 nitrogen and oxygen atoms in total. The van der Waals surface area contributed by atoms with Crippen LogP contribution in [0.1, 0.15) is 48.3 Å². The maximum atomic E-state index is 13.2. The SMILES string of the molecule is Cc1cc(Nc2cc(C)[nH]n2)nc([C@]2(O)CC[C@@H](C(=O)N[C@@H](C)c3ccc(-n4cc(F)cn4)nc3)OC2)c1. The molecule has 0 bridgehead atoms. The van der Waals surface area contributed by atoms with Crippen LogP contribution in [-0.2, 0) is 15.1 Å². The Bertz CT molecular complexity index is 1430. The molecule has 12 heteroatoms. The van der Waals surface area contributed by atoms with Gasteiger partial charge in [0.15, 0.2) is 17.5 Å². The lowest BCUT2D eigenvalue weighted by Gasteiger charge is -2.35. The molecule has 0 radical (unpaired) electrons. The predicted octanol–water partition coefficient (Wildman–Crippen LogP) is 3.13. The first-order valence-corrected chi connectivity index (χ1v) is 12.3. The summed E-state index contributed by atoms with van der Waals surface area (Å²) in [5.74, 6) is 0.936. The Morgan fingerprint density at radius 3 is 2.74 bits per heavy atom. The summed E-state index contributed by atoms with van der Waals surface area (Å²) in [6.45, 7) is 5.60. The minimum atomic E-state index is -1.32. The Balaban J connectivity index is 1.19. The number of aryl methyl sites for hydroxylation is 2. The van der Waals surface area contributed by atoms with Gasteiger partial charge in [0.2, 0.25) is 5.91 Å². The van der Waals surface area contributed by atoms with Gasteiger partial charge in [0.1, 0.15) is 17.5 Å².